The molecule has 1 aromatic carbocycles. The first-order valence-corrected chi connectivity index (χ1v) is 4.58. The summed E-state index contributed by atoms with van der Waals surface area (Å²) in [6, 6.07) is 6.46. The van der Waals surface area contributed by atoms with Gasteiger partial charge in [0, 0.05) is 10.9 Å². The van der Waals surface area contributed by atoms with Crippen LogP contribution in [0.25, 0.3) is 0 Å². The second-order valence-electron chi connectivity index (χ2n) is 3.14. The molecule has 0 saturated carbocycles. The van der Waals surface area contributed by atoms with Gasteiger partial charge in [0.15, 0.2) is 0 Å². The summed E-state index contributed by atoms with van der Waals surface area (Å²) in [5, 5.41) is 0. The number of hydrogen-bond acceptors (Lipinski definition) is 1. The van der Waals surface area contributed by atoms with Gasteiger partial charge in [0.25, 0.3) is 0 Å². The van der Waals surface area contributed by atoms with E-state index in [-0.39, 0.29) is 0 Å². The van der Waals surface area contributed by atoms with Gasteiger partial charge in [0.1, 0.15) is 6.10 Å². The van der Waals surface area contributed by atoms with Crippen molar-refractivity contribution in [2.24, 2.45) is 0 Å². The van der Waals surface area contributed by atoms with Gasteiger partial charge in [0.05, 0.1) is 6.10 Å². The Morgan fingerprint density at radius 2 is 2.36 bits per heavy atom. The Hall–Kier alpha value is -0.340. The summed E-state index contributed by atoms with van der Waals surface area (Å²) in [7, 11) is 0. The molecule has 1 aromatic rings. The topological polar surface area (TPSA) is 12.5 Å². The minimum absolute atomic E-state index is 0.433. The maximum atomic E-state index is 5.41. The van der Waals surface area contributed by atoms with Crippen molar-refractivity contribution in [1.29, 1.82) is 0 Å². The number of epoxide rings is 1. The highest BCUT2D eigenvalue weighted by Gasteiger charge is 2.46. The van der Waals surface area contributed by atoms with Gasteiger partial charge >= 0.3 is 0 Å². The molecule has 1 nitrogen and oxygen atoms in total. The van der Waals surface area contributed by atoms with E-state index in [0.717, 1.165) is 10.9 Å². The Morgan fingerprint density at radius 1 is 1.45 bits per heavy atom. The summed E-state index contributed by atoms with van der Waals surface area (Å²) >= 11 is 3.46. The highest BCUT2D eigenvalue weighted by Crippen LogP contribution is 2.49. The fraction of sp³-hybridized carbons (Fsp3) is 0.333. The van der Waals surface area contributed by atoms with E-state index in [1.807, 2.05) is 0 Å². The Bertz CT molecular complexity index is 321. The van der Waals surface area contributed by atoms with Crippen molar-refractivity contribution in [2.75, 3.05) is 0 Å². The van der Waals surface area contributed by atoms with Crippen LogP contribution in [0.4, 0.5) is 0 Å². The summed E-state index contributed by atoms with van der Waals surface area (Å²) in [5.41, 5.74) is 2.86. The molecular formula is C9H7BrO. The van der Waals surface area contributed by atoms with Gasteiger partial charge in [-0.05, 0) is 23.3 Å². The molecule has 0 N–H and O–H groups in total. The monoisotopic (exact) mass is 210 g/mol. The van der Waals surface area contributed by atoms with Crippen LogP contribution in [-0.2, 0) is 11.2 Å². The van der Waals surface area contributed by atoms with Crippen LogP contribution in [-0.4, -0.2) is 6.10 Å². The zero-order valence-electron chi connectivity index (χ0n) is 5.88. The van der Waals surface area contributed by atoms with Crippen molar-refractivity contribution in [3.05, 3.63) is 33.8 Å². The highest BCUT2D eigenvalue weighted by atomic mass is 79.9. The second-order valence-corrected chi connectivity index (χ2v) is 4.06. The summed E-state index contributed by atoms with van der Waals surface area (Å²) in [6.45, 7) is 0. The molecule has 1 fully saturated rings. The average molecular weight is 211 g/mol. The lowest BCUT2D eigenvalue weighted by Crippen LogP contribution is -1.87. The van der Waals surface area contributed by atoms with Gasteiger partial charge in [-0.1, -0.05) is 22.0 Å². The molecule has 0 amide bonds. The third-order valence-electron chi connectivity index (χ3n) is 2.42. The number of hydrogen-bond donors (Lipinski definition) is 0. The van der Waals surface area contributed by atoms with Crippen LogP contribution < -0.4 is 0 Å². The molecule has 2 heteroatoms. The quantitative estimate of drug-likeness (QED) is 0.600. The van der Waals surface area contributed by atoms with Crippen LogP contribution >= 0.6 is 15.9 Å². The fourth-order valence-corrected chi connectivity index (χ4v) is 2.18. The molecule has 0 spiro atoms. The first kappa shape index (κ1) is 6.21. The molecule has 2 atom stereocenters. The van der Waals surface area contributed by atoms with E-state index in [2.05, 4.69) is 34.1 Å². The molecule has 0 bridgehead atoms. The lowest BCUT2D eigenvalue weighted by Gasteiger charge is -2.00. The molecule has 1 aliphatic heterocycles. The van der Waals surface area contributed by atoms with Gasteiger partial charge in [-0.2, -0.15) is 0 Å². The molecular weight excluding hydrogens is 204 g/mol. The van der Waals surface area contributed by atoms with Crippen LogP contribution in [0.2, 0.25) is 0 Å². The normalized spacial score (nSPS) is 31.4. The predicted octanol–water partition coefficient (Wildman–Crippen LogP) is 2.45. The SMILES string of the molecule is Brc1ccc2c(c1)C1OC1C2. The first-order chi connectivity index (χ1) is 5.34. The summed E-state index contributed by atoms with van der Waals surface area (Å²) in [6.07, 6.45) is 2.06. The van der Waals surface area contributed by atoms with Crippen molar-refractivity contribution in [3.8, 4) is 0 Å². The van der Waals surface area contributed by atoms with Crippen LogP contribution in [0, 0.1) is 0 Å². The van der Waals surface area contributed by atoms with Crippen molar-refractivity contribution in [2.45, 2.75) is 18.6 Å². The van der Waals surface area contributed by atoms with E-state index in [1.165, 1.54) is 11.1 Å². The molecule has 2 aliphatic rings. The number of rotatable bonds is 0. The third-order valence-corrected chi connectivity index (χ3v) is 2.91. The smallest absolute Gasteiger partial charge is 0.110 e. The minimum Gasteiger partial charge on any atom is -0.364 e. The standard InChI is InChI=1S/C9H7BrO/c10-6-2-1-5-3-8-9(11-8)7(5)4-6/h1-2,4,8-9H,3H2. The van der Waals surface area contributed by atoms with Crippen LogP contribution in [0.1, 0.15) is 17.2 Å². The minimum atomic E-state index is 0.433. The maximum Gasteiger partial charge on any atom is 0.110 e. The molecule has 1 heterocycles. The Kier molecular flexibility index (Phi) is 1.06. The van der Waals surface area contributed by atoms with E-state index in [1.54, 1.807) is 0 Å². The third kappa shape index (κ3) is 0.797. The fourth-order valence-electron chi connectivity index (χ4n) is 1.80. The van der Waals surface area contributed by atoms with E-state index >= 15 is 0 Å². The van der Waals surface area contributed by atoms with Crippen LogP contribution in [0.15, 0.2) is 22.7 Å². The largest absolute Gasteiger partial charge is 0.364 e. The second kappa shape index (κ2) is 1.87. The lowest BCUT2D eigenvalue weighted by atomic mass is 10.1. The van der Waals surface area contributed by atoms with Gasteiger partial charge < -0.3 is 4.74 Å². The lowest BCUT2D eigenvalue weighted by molar-refractivity contribution is 0.361. The van der Waals surface area contributed by atoms with E-state index < -0.39 is 0 Å². The zero-order valence-corrected chi connectivity index (χ0v) is 7.47. The first-order valence-electron chi connectivity index (χ1n) is 3.78. The van der Waals surface area contributed by atoms with Crippen molar-refractivity contribution < 1.29 is 4.74 Å². The van der Waals surface area contributed by atoms with Crippen LogP contribution in [0.5, 0.6) is 0 Å². The Morgan fingerprint density at radius 3 is 3.27 bits per heavy atom. The Labute approximate surface area is 73.5 Å². The molecule has 0 radical (unpaired) electrons. The van der Waals surface area contributed by atoms with Crippen LogP contribution in [0.3, 0.4) is 0 Å². The summed E-state index contributed by atoms with van der Waals surface area (Å²) in [4.78, 5) is 0. The van der Waals surface area contributed by atoms with E-state index in [9.17, 15) is 0 Å². The summed E-state index contributed by atoms with van der Waals surface area (Å²) < 4.78 is 6.57. The molecule has 0 aromatic heterocycles. The average Bonchev–Trinajstić information content (AvgIpc) is 2.67. The van der Waals surface area contributed by atoms with E-state index in [4.69, 9.17) is 4.74 Å². The van der Waals surface area contributed by atoms with E-state index in [0.29, 0.717) is 12.2 Å². The molecule has 3 rings (SSSR count). The number of fused-ring (bicyclic) bond motifs is 3. The molecule has 1 aliphatic carbocycles. The predicted molar refractivity (Wildman–Crippen MR) is 45.5 cm³/mol. The molecule has 11 heavy (non-hydrogen) atoms. The van der Waals surface area contributed by atoms with Crippen molar-refractivity contribution in [3.63, 3.8) is 0 Å². The number of halogens is 1. The van der Waals surface area contributed by atoms with Gasteiger partial charge in [-0.25, -0.2) is 0 Å². The highest BCUT2D eigenvalue weighted by molar-refractivity contribution is 9.10. The van der Waals surface area contributed by atoms with Gasteiger partial charge in [-0.3, -0.25) is 0 Å². The molecule has 1 saturated heterocycles. The van der Waals surface area contributed by atoms with Crippen molar-refractivity contribution in [1.82, 2.24) is 0 Å². The molecule has 56 valence electrons. The van der Waals surface area contributed by atoms with Gasteiger partial charge in [0.2, 0.25) is 0 Å². The Balaban J connectivity index is 2.20. The van der Waals surface area contributed by atoms with Crippen molar-refractivity contribution >= 4 is 15.9 Å². The number of ether oxygens (including phenoxy) is 1. The maximum absolute atomic E-state index is 5.41. The summed E-state index contributed by atoms with van der Waals surface area (Å²) in [5.74, 6) is 0. The zero-order chi connectivity index (χ0) is 7.42. The van der Waals surface area contributed by atoms with Gasteiger partial charge in [-0.15, -0.1) is 0 Å². The molecule has 2 unspecified atom stereocenters. The number of benzene rings is 1.